The van der Waals surface area contributed by atoms with Crippen LogP contribution < -0.4 is 5.32 Å². The zero-order chi connectivity index (χ0) is 12.3. The number of nitrogens with one attached hydrogen (secondary N) is 1. The first-order chi connectivity index (χ1) is 8.23. The molecule has 0 spiro atoms. The van der Waals surface area contributed by atoms with E-state index in [9.17, 15) is 0 Å². The van der Waals surface area contributed by atoms with E-state index in [1.165, 1.54) is 4.88 Å². The minimum atomic E-state index is -0.152. The number of hydrogen-bond donors (Lipinski definition) is 1. The van der Waals surface area contributed by atoms with Crippen molar-refractivity contribution in [3.8, 4) is 0 Å². The molecule has 0 amide bonds. The Morgan fingerprint density at radius 3 is 2.71 bits per heavy atom. The zero-order valence-corrected chi connectivity index (χ0v) is 12.6. The Hall–Kier alpha value is 0.0600. The van der Waals surface area contributed by atoms with Crippen LogP contribution in [0.2, 0.25) is 0 Å². The predicted octanol–water partition coefficient (Wildman–Crippen LogP) is 2.97. The molecule has 96 valence electrons. The van der Waals surface area contributed by atoms with Gasteiger partial charge in [-0.3, -0.25) is 0 Å². The number of rotatable bonds is 4. The van der Waals surface area contributed by atoms with E-state index in [1.54, 1.807) is 18.4 Å². The highest BCUT2D eigenvalue weighted by Gasteiger charge is 2.42. The van der Waals surface area contributed by atoms with Crippen LogP contribution in [0.25, 0.3) is 0 Å². The summed E-state index contributed by atoms with van der Waals surface area (Å²) in [6.45, 7) is 1.55. The number of likely N-dealkylation sites (N-methyl/N-ethyl adjacent to an activating group) is 1. The molecule has 2 heterocycles. The van der Waals surface area contributed by atoms with Gasteiger partial charge in [0.15, 0.2) is 0 Å². The highest BCUT2D eigenvalue weighted by molar-refractivity contribution is 9.10. The van der Waals surface area contributed by atoms with E-state index in [1.807, 2.05) is 7.05 Å². The third kappa shape index (κ3) is 2.58. The highest BCUT2D eigenvalue weighted by Crippen LogP contribution is 2.41. The third-order valence-corrected chi connectivity index (χ3v) is 5.40. The van der Waals surface area contributed by atoms with Crippen molar-refractivity contribution in [3.63, 3.8) is 0 Å². The number of ether oxygens (including phenoxy) is 2. The van der Waals surface area contributed by atoms with Crippen molar-refractivity contribution in [2.75, 3.05) is 27.4 Å². The Balaban J connectivity index is 2.29. The number of methoxy groups -OCH3 is 1. The van der Waals surface area contributed by atoms with E-state index in [-0.39, 0.29) is 11.6 Å². The lowest BCUT2D eigenvalue weighted by Gasteiger charge is -2.42. The predicted molar refractivity (Wildman–Crippen MR) is 73.6 cm³/mol. The molecule has 0 radical (unpaired) electrons. The summed E-state index contributed by atoms with van der Waals surface area (Å²) in [6.07, 6.45) is 1.86. The molecule has 1 fully saturated rings. The van der Waals surface area contributed by atoms with Crippen molar-refractivity contribution >= 4 is 27.3 Å². The lowest BCUT2D eigenvalue weighted by molar-refractivity contribution is -0.110. The molecule has 1 saturated heterocycles. The van der Waals surface area contributed by atoms with Gasteiger partial charge in [-0.25, -0.2) is 0 Å². The number of hydrogen-bond acceptors (Lipinski definition) is 4. The lowest BCUT2D eigenvalue weighted by atomic mass is 9.85. The maximum atomic E-state index is 5.85. The molecule has 1 aliphatic heterocycles. The van der Waals surface area contributed by atoms with Gasteiger partial charge in [0, 0.05) is 42.5 Å². The van der Waals surface area contributed by atoms with Crippen molar-refractivity contribution in [1.82, 2.24) is 5.32 Å². The summed E-state index contributed by atoms with van der Waals surface area (Å²) in [6, 6.07) is 2.30. The van der Waals surface area contributed by atoms with Gasteiger partial charge in [0.25, 0.3) is 0 Å². The zero-order valence-electron chi connectivity index (χ0n) is 10.2. The molecule has 1 unspecified atom stereocenters. The normalized spacial score (nSPS) is 21.4. The molecule has 3 nitrogen and oxygen atoms in total. The Labute approximate surface area is 115 Å². The van der Waals surface area contributed by atoms with Crippen LogP contribution in [0.3, 0.4) is 0 Å². The largest absolute Gasteiger partial charge is 0.381 e. The van der Waals surface area contributed by atoms with Gasteiger partial charge in [-0.1, -0.05) is 0 Å². The first kappa shape index (κ1) is 13.5. The summed E-state index contributed by atoms with van der Waals surface area (Å²) < 4.78 is 12.5. The van der Waals surface area contributed by atoms with Crippen molar-refractivity contribution in [3.05, 3.63) is 20.8 Å². The fourth-order valence-corrected chi connectivity index (χ4v) is 4.29. The van der Waals surface area contributed by atoms with Crippen LogP contribution in [0.1, 0.15) is 23.8 Å². The van der Waals surface area contributed by atoms with Gasteiger partial charge in [0.05, 0.1) is 11.6 Å². The average molecular weight is 320 g/mol. The number of thiophene rings is 1. The molecule has 1 aromatic rings. The van der Waals surface area contributed by atoms with Gasteiger partial charge in [0.1, 0.15) is 0 Å². The molecular weight excluding hydrogens is 302 g/mol. The molecule has 0 saturated carbocycles. The van der Waals surface area contributed by atoms with Gasteiger partial charge in [-0.2, -0.15) is 0 Å². The topological polar surface area (TPSA) is 30.5 Å². The summed E-state index contributed by atoms with van der Waals surface area (Å²) in [5.74, 6) is 0. The van der Waals surface area contributed by atoms with Crippen LogP contribution in [0.15, 0.2) is 15.9 Å². The van der Waals surface area contributed by atoms with Crippen molar-refractivity contribution in [2.24, 2.45) is 0 Å². The summed E-state index contributed by atoms with van der Waals surface area (Å²) in [7, 11) is 3.80. The first-order valence-electron chi connectivity index (χ1n) is 5.76. The lowest BCUT2D eigenvalue weighted by Crippen LogP contribution is -2.48. The fraction of sp³-hybridized carbons (Fsp3) is 0.667. The first-order valence-corrected chi connectivity index (χ1v) is 7.44. The summed E-state index contributed by atoms with van der Waals surface area (Å²) in [5.41, 5.74) is -0.152. The Morgan fingerprint density at radius 2 is 2.24 bits per heavy atom. The molecule has 1 aromatic heterocycles. The Bertz CT molecular complexity index is 363. The van der Waals surface area contributed by atoms with E-state index in [4.69, 9.17) is 9.47 Å². The van der Waals surface area contributed by atoms with Crippen LogP contribution in [0.5, 0.6) is 0 Å². The van der Waals surface area contributed by atoms with Crippen LogP contribution in [-0.2, 0) is 9.47 Å². The minimum absolute atomic E-state index is 0.152. The summed E-state index contributed by atoms with van der Waals surface area (Å²) in [4.78, 5) is 1.30. The van der Waals surface area contributed by atoms with Gasteiger partial charge in [-0.15, -0.1) is 11.3 Å². The standard InChI is InChI=1S/C12H18BrNO2S/c1-14-11(10-9(13)3-8-17-10)12(15-2)4-6-16-7-5-12/h3,8,11,14H,4-7H2,1-2H3. The van der Waals surface area contributed by atoms with Crippen LogP contribution in [-0.4, -0.2) is 33.0 Å². The van der Waals surface area contributed by atoms with Crippen molar-refractivity contribution in [1.29, 1.82) is 0 Å². The van der Waals surface area contributed by atoms with Gasteiger partial charge in [-0.05, 0) is 34.4 Å². The molecule has 0 aliphatic carbocycles. The molecule has 1 atom stereocenters. The van der Waals surface area contributed by atoms with Gasteiger partial charge >= 0.3 is 0 Å². The average Bonchev–Trinajstić information content (AvgIpc) is 2.78. The second-order valence-corrected chi connectivity index (χ2v) is 6.04. The molecule has 0 aromatic carbocycles. The molecule has 17 heavy (non-hydrogen) atoms. The van der Waals surface area contributed by atoms with Crippen LogP contribution in [0, 0.1) is 0 Å². The molecular formula is C12H18BrNO2S. The van der Waals surface area contributed by atoms with Crippen molar-refractivity contribution < 1.29 is 9.47 Å². The fourth-order valence-electron chi connectivity index (χ4n) is 2.47. The quantitative estimate of drug-likeness (QED) is 0.925. The molecule has 1 N–H and O–H groups in total. The second kappa shape index (κ2) is 5.80. The minimum Gasteiger partial charge on any atom is -0.381 e. The SMILES string of the molecule is CNC(c1sccc1Br)C1(OC)CCOCC1. The molecule has 0 bridgehead atoms. The van der Waals surface area contributed by atoms with Crippen molar-refractivity contribution in [2.45, 2.75) is 24.5 Å². The summed E-state index contributed by atoms with van der Waals surface area (Å²) >= 11 is 5.37. The van der Waals surface area contributed by atoms with E-state index < -0.39 is 0 Å². The molecule has 5 heteroatoms. The summed E-state index contributed by atoms with van der Waals surface area (Å²) in [5, 5.41) is 5.51. The van der Waals surface area contributed by atoms with Crippen LogP contribution in [0.4, 0.5) is 0 Å². The van der Waals surface area contributed by atoms with Gasteiger partial charge in [0.2, 0.25) is 0 Å². The van der Waals surface area contributed by atoms with Crippen LogP contribution >= 0.6 is 27.3 Å². The second-order valence-electron chi connectivity index (χ2n) is 4.24. The number of halogens is 1. The van der Waals surface area contributed by atoms with E-state index in [0.29, 0.717) is 0 Å². The van der Waals surface area contributed by atoms with E-state index in [0.717, 1.165) is 30.5 Å². The molecule has 1 aliphatic rings. The van der Waals surface area contributed by atoms with E-state index in [2.05, 4.69) is 32.7 Å². The third-order valence-electron chi connectivity index (χ3n) is 3.47. The molecule has 2 rings (SSSR count). The maximum Gasteiger partial charge on any atom is 0.0924 e. The Kier molecular flexibility index (Phi) is 4.60. The maximum absolute atomic E-state index is 5.85. The van der Waals surface area contributed by atoms with Gasteiger partial charge < -0.3 is 14.8 Å². The smallest absolute Gasteiger partial charge is 0.0924 e. The monoisotopic (exact) mass is 319 g/mol. The van der Waals surface area contributed by atoms with E-state index >= 15 is 0 Å². The highest BCUT2D eigenvalue weighted by atomic mass is 79.9. The Morgan fingerprint density at radius 1 is 1.53 bits per heavy atom.